The molecule has 2 atom stereocenters. The Labute approximate surface area is 162 Å². The number of nitrogens with zero attached hydrogens (tertiary/aromatic N) is 2. The lowest BCUT2D eigenvalue weighted by Crippen LogP contribution is -2.39. The molecule has 1 N–H and O–H groups in total. The van der Waals surface area contributed by atoms with Gasteiger partial charge in [-0.1, -0.05) is 24.3 Å². The molecule has 140 valence electrons. The molecular weight excluding hydrogens is 360 g/mol. The van der Waals surface area contributed by atoms with Crippen LogP contribution in [0.25, 0.3) is 10.2 Å². The first-order valence-electron chi connectivity index (χ1n) is 9.24. The Morgan fingerprint density at radius 2 is 2.07 bits per heavy atom. The molecule has 0 spiro atoms. The van der Waals surface area contributed by atoms with Gasteiger partial charge in [0.25, 0.3) is 0 Å². The van der Waals surface area contributed by atoms with Gasteiger partial charge >= 0.3 is 5.97 Å². The molecule has 1 aliphatic rings. The fourth-order valence-corrected chi connectivity index (χ4v) is 4.88. The average Bonchev–Trinajstić information content (AvgIpc) is 3.31. The van der Waals surface area contributed by atoms with Gasteiger partial charge in [-0.25, -0.2) is 4.98 Å². The zero-order chi connectivity index (χ0) is 18.8. The van der Waals surface area contributed by atoms with Crippen molar-refractivity contribution in [1.82, 2.24) is 9.88 Å². The standard InChI is InChI=1S/C21H22N2O3S/c1-2-26-15-11-9-14(10-12-15)19(23-13-5-7-17(23)21(24)25)20-22-16-6-3-4-8-18(16)27-20/h3-4,6,8-12,17,19H,2,5,7,13H2,1H3,(H,24,25). The molecule has 0 amide bonds. The molecule has 2 unspecified atom stereocenters. The molecule has 0 saturated carbocycles. The highest BCUT2D eigenvalue weighted by atomic mass is 32.1. The summed E-state index contributed by atoms with van der Waals surface area (Å²) in [6, 6.07) is 15.4. The second kappa shape index (κ2) is 7.66. The first-order chi connectivity index (χ1) is 13.2. The van der Waals surface area contributed by atoms with Gasteiger partial charge in [-0.3, -0.25) is 9.69 Å². The maximum absolute atomic E-state index is 11.8. The van der Waals surface area contributed by atoms with E-state index < -0.39 is 12.0 Å². The van der Waals surface area contributed by atoms with Gasteiger partial charge < -0.3 is 9.84 Å². The largest absolute Gasteiger partial charge is 0.494 e. The van der Waals surface area contributed by atoms with Gasteiger partial charge in [-0.05, 0) is 49.6 Å². The van der Waals surface area contributed by atoms with E-state index in [9.17, 15) is 9.90 Å². The Morgan fingerprint density at radius 1 is 1.30 bits per heavy atom. The van der Waals surface area contributed by atoms with E-state index in [4.69, 9.17) is 9.72 Å². The van der Waals surface area contributed by atoms with Gasteiger partial charge in [0.1, 0.15) is 16.8 Å². The molecule has 5 nitrogen and oxygen atoms in total. The topological polar surface area (TPSA) is 62.7 Å². The zero-order valence-electron chi connectivity index (χ0n) is 15.2. The average molecular weight is 382 g/mol. The van der Waals surface area contributed by atoms with Crippen LogP contribution in [0.5, 0.6) is 5.75 Å². The number of thiazole rings is 1. The Bertz CT molecular complexity index is 905. The van der Waals surface area contributed by atoms with Gasteiger partial charge in [0.2, 0.25) is 0 Å². The lowest BCUT2D eigenvalue weighted by molar-refractivity contribution is -0.142. The van der Waals surface area contributed by atoms with E-state index in [2.05, 4.69) is 11.0 Å². The zero-order valence-corrected chi connectivity index (χ0v) is 16.0. The summed E-state index contributed by atoms with van der Waals surface area (Å²) in [7, 11) is 0. The van der Waals surface area contributed by atoms with Gasteiger partial charge in [0.15, 0.2) is 0 Å². The smallest absolute Gasteiger partial charge is 0.320 e. The Balaban J connectivity index is 1.78. The van der Waals surface area contributed by atoms with E-state index in [0.29, 0.717) is 13.0 Å². The van der Waals surface area contributed by atoms with Crippen LogP contribution in [0.1, 0.15) is 36.4 Å². The first-order valence-corrected chi connectivity index (χ1v) is 10.1. The molecule has 2 heterocycles. The van der Waals surface area contributed by atoms with Crippen molar-refractivity contribution in [2.24, 2.45) is 0 Å². The van der Waals surface area contributed by atoms with Crippen LogP contribution in [0.3, 0.4) is 0 Å². The Hall–Kier alpha value is -2.44. The number of aliphatic carboxylic acids is 1. The minimum absolute atomic E-state index is 0.165. The van der Waals surface area contributed by atoms with Crippen LogP contribution in [-0.2, 0) is 4.79 Å². The summed E-state index contributed by atoms with van der Waals surface area (Å²) in [4.78, 5) is 18.7. The molecule has 3 aromatic rings. The highest BCUT2D eigenvalue weighted by molar-refractivity contribution is 7.18. The number of carboxylic acids is 1. The summed E-state index contributed by atoms with van der Waals surface area (Å²) < 4.78 is 6.68. The third-order valence-corrected chi connectivity index (χ3v) is 6.05. The molecule has 1 aliphatic heterocycles. The van der Waals surface area contributed by atoms with Gasteiger partial charge in [-0.15, -0.1) is 11.3 Å². The number of hydrogen-bond donors (Lipinski definition) is 1. The van der Waals surface area contributed by atoms with E-state index in [1.165, 1.54) is 0 Å². The van der Waals surface area contributed by atoms with Crippen LogP contribution in [0.15, 0.2) is 48.5 Å². The molecule has 6 heteroatoms. The van der Waals surface area contributed by atoms with Gasteiger partial charge in [0, 0.05) is 6.54 Å². The summed E-state index contributed by atoms with van der Waals surface area (Å²) >= 11 is 1.64. The second-order valence-electron chi connectivity index (χ2n) is 6.66. The number of hydrogen-bond acceptors (Lipinski definition) is 5. The maximum Gasteiger partial charge on any atom is 0.320 e. The van der Waals surface area contributed by atoms with Crippen molar-refractivity contribution in [2.45, 2.75) is 31.8 Å². The van der Waals surface area contributed by atoms with E-state index in [0.717, 1.165) is 39.5 Å². The van der Waals surface area contributed by atoms with Crippen molar-refractivity contribution < 1.29 is 14.6 Å². The summed E-state index contributed by atoms with van der Waals surface area (Å²) in [5, 5.41) is 10.6. The molecule has 0 radical (unpaired) electrons. The predicted molar refractivity (Wildman–Crippen MR) is 106 cm³/mol. The van der Waals surface area contributed by atoms with Crippen molar-refractivity contribution in [3.8, 4) is 5.75 Å². The third-order valence-electron chi connectivity index (χ3n) is 4.96. The maximum atomic E-state index is 11.8. The number of carboxylic acid groups (broad SMARTS) is 1. The van der Waals surface area contributed by atoms with Crippen molar-refractivity contribution in [3.63, 3.8) is 0 Å². The number of ether oxygens (including phenoxy) is 1. The minimum atomic E-state index is -0.760. The van der Waals surface area contributed by atoms with Crippen LogP contribution in [-0.4, -0.2) is 40.2 Å². The fraction of sp³-hybridized carbons (Fsp3) is 0.333. The SMILES string of the molecule is CCOc1ccc(C(c2nc3ccccc3s2)N2CCCC2C(=O)O)cc1. The first kappa shape index (κ1) is 17.9. The molecule has 2 aromatic carbocycles. The van der Waals surface area contributed by atoms with Gasteiger partial charge in [0.05, 0.1) is 22.9 Å². The quantitative estimate of drug-likeness (QED) is 0.687. The number of likely N-dealkylation sites (tertiary alicyclic amines) is 1. The number of fused-ring (bicyclic) bond motifs is 1. The third kappa shape index (κ3) is 3.55. The normalized spacial score (nSPS) is 18.6. The summed E-state index contributed by atoms with van der Waals surface area (Å²) in [6.07, 6.45) is 1.56. The van der Waals surface area contributed by atoms with Crippen LogP contribution in [0.4, 0.5) is 0 Å². The van der Waals surface area contributed by atoms with E-state index in [1.807, 2.05) is 49.4 Å². The molecule has 4 rings (SSSR count). The molecule has 0 aliphatic carbocycles. The molecule has 1 aromatic heterocycles. The van der Waals surface area contributed by atoms with E-state index >= 15 is 0 Å². The van der Waals surface area contributed by atoms with Crippen molar-refractivity contribution in [1.29, 1.82) is 0 Å². The number of carbonyl (C=O) groups is 1. The predicted octanol–water partition coefficient (Wildman–Crippen LogP) is 4.33. The number of benzene rings is 2. The fourth-order valence-electron chi connectivity index (χ4n) is 3.76. The lowest BCUT2D eigenvalue weighted by Gasteiger charge is -2.30. The summed E-state index contributed by atoms with van der Waals surface area (Å²) in [6.45, 7) is 3.33. The van der Waals surface area contributed by atoms with Crippen molar-refractivity contribution >= 4 is 27.5 Å². The number of rotatable bonds is 6. The van der Waals surface area contributed by atoms with Crippen LogP contribution >= 0.6 is 11.3 Å². The highest BCUT2D eigenvalue weighted by Gasteiger charge is 2.38. The minimum Gasteiger partial charge on any atom is -0.494 e. The van der Waals surface area contributed by atoms with Crippen molar-refractivity contribution in [3.05, 3.63) is 59.1 Å². The Morgan fingerprint density at radius 3 is 2.78 bits per heavy atom. The summed E-state index contributed by atoms with van der Waals surface area (Å²) in [5.74, 6) is 0.0602. The second-order valence-corrected chi connectivity index (χ2v) is 7.72. The molecule has 27 heavy (non-hydrogen) atoms. The number of aromatic nitrogens is 1. The monoisotopic (exact) mass is 382 g/mol. The van der Waals surface area contributed by atoms with E-state index in [1.54, 1.807) is 11.3 Å². The molecule has 1 saturated heterocycles. The number of para-hydroxylation sites is 1. The summed E-state index contributed by atoms with van der Waals surface area (Å²) in [5.41, 5.74) is 2.00. The highest BCUT2D eigenvalue weighted by Crippen LogP contribution is 2.38. The lowest BCUT2D eigenvalue weighted by atomic mass is 10.0. The molecular formula is C21H22N2O3S. The van der Waals surface area contributed by atoms with E-state index in [-0.39, 0.29) is 6.04 Å². The van der Waals surface area contributed by atoms with Crippen LogP contribution in [0, 0.1) is 0 Å². The van der Waals surface area contributed by atoms with Crippen molar-refractivity contribution in [2.75, 3.05) is 13.2 Å². The Kier molecular flexibility index (Phi) is 5.09. The van der Waals surface area contributed by atoms with Crippen LogP contribution in [0.2, 0.25) is 0 Å². The molecule has 0 bridgehead atoms. The molecule has 1 fully saturated rings. The van der Waals surface area contributed by atoms with Gasteiger partial charge in [-0.2, -0.15) is 0 Å². The van der Waals surface area contributed by atoms with Crippen LogP contribution < -0.4 is 4.74 Å².